The van der Waals surface area contributed by atoms with Crippen LogP contribution in [0.25, 0.3) is 0 Å². The van der Waals surface area contributed by atoms with Gasteiger partial charge in [-0.2, -0.15) is 0 Å². The average molecular weight is 1370 g/mol. The monoisotopic (exact) mass is 1370 g/mol. The number of carbonyl (C=O) groups excluding carboxylic acids is 3. The van der Waals surface area contributed by atoms with Crippen molar-refractivity contribution in [3.8, 4) is 0 Å². The van der Waals surface area contributed by atoms with Gasteiger partial charge in [0.25, 0.3) is 0 Å². The van der Waals surface area contributed by atoms with Crippen LogP contribution in [0, 0.1) is 0 Å². The minimum Gasteiger partial charge on any atom is -0.463 e. The van der Waals surface area contributed by atoms with E-state index in [4.69, 9.17) is 32.3 Å². The van der Waals surface area contributed by atoms with Gasteiger partial charge in [0, 0.05) is 19.3 Å². The molecule has 0 spiro atoms. The van der Waals surface area contributed by atoms with E-state index in [1.807, 2.05) is 0 Å². The second-order valence-electron chi connectivity index (χ2n) is 24.0. The highest BCUT2D eigenvalue weighted by Crippen LogP contribution is 2.45. The fraction of sp³-hybridized carbons (Fsp3) is 0.675. The van der Waals surface area contributed by atoms with Gasteiger partial charge in [-0.1, -0.05) is 276 Å². The van der Waals surface area contributed by atoms with Crippen molar-refractivity contribution in [1.29, 1.82) is 0 Å². The molecule has 0 aromatic carbocycles. The first-order valence-electron chi connectivity index (χ1n) is 36.5. The van der Waals surface area contributed by atoms with E-state index in [0.29, 0.717) is 19.3 Å². The molecule has 0 aliphatic heterocycles. The normalized spacial score (nSPS) is 14.9. The van der Waals surface area contributed by atoms with Crippen molar-refractivity contribution in [3.63, 3.8) is 0 Å². The average Bonchev–Trinajstić information content (AvgIpc) is 3.35. The van der Waals surface area contributed by atoms with Gasteiger partial charge in [0.05, 0.1) is 26.4 Å². The first-order valence-corrected chi connectivity index (χ1v) is 39.5. The molecule has 0 aliphatic carbocycles. The zero-order chi connectivity index (χ0) is 69.5. The summed E-state index contributed by atoms with van der Waals surface area (Å²) in [6.45, 7) is 2.40. The van der Waals surface area contributed by atoms with Gasteiger partial charge in [0.2, 0.25) is 0 Å². The summed E-state index contributed by atoms with van der Waals surface area (Å²) in [4.78, 5) is 58.4. The Morgan fingerprint density at radius 2 is 0.558 bits per heavy atom. The fourth-order valence-electron chi connectivity index (χ4n) is 9.36. The van der Waals surface area contributed by atoms with Gasteiger partial charge >= 0.3 is 33.6 Å². The Balaban J connectivity index is 4.56. The lowest BCUT2D eigenvalue weighted by atomic mass is 10.1. The van der Waals surface area contributed by atoms with E-state index in [-0.39, 0.29) is 19.3 Å². The van der Waals surface area contributed by atoms with E-state index in [1.54, 1.807) is 0 Å². The van der Waals surface area contributed by atoms with Gasteiger partial charge in [-0.05, 0) is 116 Å². The van der Waals surface area contributed by atoms with E-state index in [0.717, 1.165) is 180 Å². The van der Waals surface area contributed by atoms with E-state index < -0.39 is 91.5 Å². The van der Waals surface area contributed by atoms with Crippen LogP contribution in [0.3, 0.4) is 0 Å². The molecule has 544 valence electrons. The molecule has 0 rings (SSSR count). The second-order valence-corrected chi connectivity index (χ2v) is 26.9. The number of aliphatic hydroxyl groups excluding tert-OH is 2. The van der Waals surface area contributed by atoms with Gasteiger partial charge in [0.15, 0.2) is 6.10 Å². The molecule has 5 unspecified atom stereocenters. The number of phosphoric ester groups is 2. The Hall–Kier alpha value is -4.31. The quantitative estimate of drug-likeness (QED) is 0.0146. The Morgan fingerprint density at radius 3 is 0.884 bits per heavy atom. The van der Waals surface area contributed by atoms with Crippen LogP contribution >= 0.6 is 15.6 Å². The maximum atomic E-state index is 12.9. The maximum absolute atomic E-state index is 12.9. The third-order valence-corrected chi connectivity index (χ3v) is 16.8. The van der Waals surface area contributed by atoms with Crippen molar-refractivity contribution in [1.82, 2.24) is 0 Å². The van der Waals surface area contributed by atoms with Crippen LogP contribution in [0.4, 0.5) is 0 Å². The third-order valence-electron chi connectivity index (χ3n) is 14.9. The van der Waals surface area contributed by atoms with E-state index in [2.05, 4.69) is 154 Å². The lowest BCUT2D eigenvalue weighted by Gasteiger charge is -2.21. The maximum Gasteiger partial charge on any atom is 0.472 e. The fourth-order valence-corrected chi connectivity index (χ4v) is 10.9. The molecule has 0 heterocycles. The highest BCUT2D eigenvalue weighted by molar-refractivity contribution is 7.47. The second kappa shape index (κ2) is 69.6. The number of rotatable bonds is 68. The van der Waals surface area contributed by atoms with Crippen LogP contribution in [0.2, 0.25) is 0 Å². The molecule has 0 bridgehead atoms. The molecule has 16 nitrogen and oxygen atoms in total. The number of hydrogen-bond acceptors (Lipinski definition) is 14. The summed E-state index contributed by atoms with van der Waals surface area (Å²) in [5, 5.41) is 20.6. The number of hydrogen-bond donors (Lipinski definition) is 4. The standard InChI is InChI=1S/C77H130O16P2/c1-4-7-10-13-16-19-22-24-26-28-30-32-34-35-37-39-40-42-44-46-49-51-54-57-60-63-75(80)87-66-72(78)67-89-94(83,84)90-68-73(79)69-91-95(85,86)92-71-74(93-77(82)65-62-59-56-53-48-21-18-15-12-9-6-3)70-88-76(81)64-61-58-55-52-50-47-45-43-41-38-36-33-31-29-27-25-23-20-17-14-11-8-5-2/h7-8,10-11,16-17,19-20,24-27,30-33,35,37-38,40-42,72-74,78-79H,4-6,9,12-15,18,21-23,28-29,34,36,39,43-71H2,1-3H3,(H,83,84)(H,85,86)/b10-7-,11-8-,19-16-,20-17-,26-24-,27-25-,32-30-,33-31-,37-35-,41-38-,42-40-. The first kappa shape index (κ1) is 90.7. The zero-order valence-corrected chi connectivity index (χ0v) is 60.8. The number of allylic oxidation sites excluding steroid dienone is 22. The molecule has 0 amide bonds. The summed E-state index contributed by atoms with van der Waals surface area (Å²) >= 11 is 0. The van der Waals surface area contributed by atoms with Gasteiger partial charge in [0.1, 0.15) is 25.4 Å². The van der Waals surface area contributed by atoms with Crippen molar-refractivity contribution in [2.75, 3.05) is 39.6 Å². The molecule has 4 N–H and O–H groups in total. The molecule has 95 heavy (non-hydrogen) atoms. The van der Waals surface area contributed by atoms with Gasteiger partial charge in [-0.3, -0.25) is 32.5 Å². The Kier molecular flexibility index (Phi) is 66.4. The number of carbonyl (C=O) groups is 3. The van der Waals surface area contributed by atoms with Crippen molar-refractivity contribution in [3.05, 3.63) is 134 Å². The van der Waals surface area contributed by atoms with Crippen LogP contribution < -0.4 is 0 Å². The molecular formula is C77H130O16P2. The zero-order valence-electron chi connectivity index (χ0n) is 59.0. The number of aliphatic hydroxyl groups is 2. The molecule has 5 atom stereocenters. The first-order chi connectivity index (χ1) is 46.2. The molecular weight excluding hydrogens is 1240 g/mol. The van der Waals surface area contributed by atoms with Crippen LogP contribution in [-0.2, 0) is 55.8 Å². The molecule has 0 fully saturated rings. The highest BCUT2D eigenvalue weighted by Gasteiger charge is 2.29. The van der Waals surface area contributed by atoms with Gasteiger partial charge in [-0.15, -0.1) is 0 Å². The SMILES string of the molecule is CC/C=C\C/C=C\C/C=C\C/C=C\C/C=C\C/C=C\CCCCCCCCC(=O)OCC(O)COP(=O)(O)OCC(O)COP(=O)(O)OCC(COC(=O)CCCCCCCCC/C=C\C/C=C\C/C=C\C/C=C\C/C=C\CC)OC(=O)CCCCCCCCCCCCC. The summed E-state index contributed by atoms with van der Waals surface area (Å²) < 4.78 is 60.9. The van der Waals surface area contributed by atoms with Gasteiger partial charge < -0.3 is 34.2 Å². The van der Waals surface area contributed by atoms with Crippen molar-refractivity contribution < 1.29 is 75.8 Å². The number of phosphoric acid groups is 2. The topological polar surface area (TPSA) is 231 Å². The van der Waals surface area contributed by atoms with E-state index in [1.165, 1.54) is 38.5 Å². The van der Waals surface area contributed by atoms with E-state index >= 15 is 0 Å². The summed E-state index contributed by atoms with van der Waals surface area (Å²) in [7, 11) is -9.79. The molecule has 0 aromatic rings. The summed E-state index contributed by atoms with van der Waals surface area (Å²) in [5.41, 5.74) is 0. The summed E-state index contributed by atoms with van der Waals surface area (Å²) in [5.74, 6) is -1.60. The largest absolute Gasteiger partial charge is 0.472 e. The van der Waals surface area contributed by atoms with Crippen molar-refractivity contribution >= 4 is 33.6 Å². The smallest absolute Gasteiger partial charge is 0.463 e. The highest BCUT2D eigenvalue weighted by atomic mass is 31.2. The lowest BCUT2D eigenvalue weighted by molar-refractivity contribution is -0.161. The minimum atomic E-state index is -4.93. The Labute approximate surface area is 575 Å². The van der Waals surface area contributed by atoms with Crippen molar-refractivity contribution in [2.24, 2.45) is 0 Å². The summed E-state index contributed by atoms with van der Waals surface area (Å²) in [6.07, 6.45) is 82.2. The molecule has 0 radical (unpaired) electrons. The minimum absolute atomic E-state index is 0.101. The van der Waals surface area contributed by atoms with Gasteiger partial charge in [-0.25, -0.2) is 9.13 Å². The van der Waals surface area contributed by atoms with Crippen LogP contribution in [-0.4, -0.2) is 95.9 Å². The molecule has 0 saturated carbocycles. The van der Waals surface area contributed by atoms with E-state index in [9.17, 15) is 43.5 Å². The van der Waals surface area contributed by atoms with Crippen LogP contribution in [0.1, 0.15) is 278 Å². The number of esters is 3. The predicted molar refractivity (Wildman–Crippen MR) is 390 cm³/mol. The predicted octanol–water partition coefficient (Wildman–Crippen LogP) is 20.8. The van der Waals surface area contributed by atoms with Crippen molar-refractivity contribution in [2.45, 2.75) is 296 Å². The Morgan fingerprint density at radius 1 is 0.305 bits per heavy atom. The van der Waals surface area contributed by atoms with Crippen LogP contribution in [0.5, 0.6) is 0 Å². The number of ether oxygens (including phenoxy) is 3. The summed E-state index contributed by atoms with van der Waals surface area (Å²) in [6, 6.07) is 0. The molecule has 0 saturated heterocycles. The third kappa shape index (κ3) is 70.8. The Bertz CT molecular complexity index is 2260. The van der Waals surface area contributed by atoms with Crippen LogP contribution in [0.15, 0.2) is 134 Å². The lowest BCUT2D eigenvalue weighted by Crippen LogP contribution is -2.30. The molecule has 18 heteroatoms. The number of unbranched alkanes of at least 4 members (excludes halogenated alkanes) is 23. The molecule has 0 aromatic heterocycles. The molecule has 0 aliphatic rings.